The summed E-state index contributed by atoms with van der Waals surface area (Å²) in [4.78, 5) is 10.7. The summed E-state index contributed by atoms with van der Waals surface area (Å²) in [7, 11) is 0. The fraction of sp³-hybridized carbons (Fsp3) is 0.222. The van der Waals surface area contributed by atoms with Crippen LogP contribution in [0, 0.1) is 0 Å². The number of halogens is 3. The molecule has 1 rings (SSSR count). The van der Waals surface area contributed by atoms with Crippen molar-refractivity contribution in [3.63, 3.8) is 0 Å². The van der Waals surface area contributed by atoms with E-state index in [0.29, 0.717) is 27.2 Å². The molecule has 0 aromatic heterocycles. The van der Waals surface area contributed by atoms with Crippen molar-refractivity contribution in [1.29, 1.82) is 0 Å². The summed E-state index contributed by atoms with van der Waals surface area (Å²) in [5.41, 5.74) is 0.708. The van der Waals surface area contributed by atoms with Crippen LogP contribution in [0.1, 0.15) is 12.5 Å². The normalized spacial score (nSPS) is 10.0. The first-order valence-electron chi connectivity index (χ1n) is 3.88. The van der Waals surface area contributed by atoms with Crippen molar-refractivity contribution < 1.29 is 4.79 Å². The number of carbonyl (C=O) groups is 1. The van der Waals surface area contributed by atoms with Gasteiger partial charge in [0.25, 0.3) is 0 Å². The smallest absolute Gasteiger partial charge is 0.217 e. The Kier molecular flexibility index (Phi) is 4.05. The molecular weight excluding hydrogens is 244 g/mol. The van der Waals surface area contributed by atoms with Gasteiger partial charge in [-0.1, -0.05) is 34.8 Å². The molecule has 0 spiro atoms. The first kappa shape index (κ1) is 11.6. The summed E-state index contributed by atoms with van der Waals surface area (Å²) in [6.45, 7) is 1.76. The van der Waals surface area contributed by atoms with Gasteiger partial charge in [-0.3, -0.25) is 4.79 Å². The minimum absolute atomic E-state index is 0.128. The van der Waals surface area contributed by atoms with Crippen molar-refractivity contribution in [2.45, 2.75) is 13.5 Å². The van der Waals surface area contributed by atoms with Gasteiger partial charge in [-0.05, 0) is 17.7 Å². The lowest BCUT2D eigenvalue weighted by molar-refractivity contribution is -0.119. The van der Waals surface area contributed by atoms with Crippen LogP contribution in [0.2, 0.25) is 15.1 Å². The molecule has 1 N–H and O–H groups in total. The van der Waals surface area contributed by atoms with E-state index in [4.69, 9.17) is 34.8 Å². The molecule has 0 bridgehead atoms. The summed E-state index contributed by atoms with van der Waals surface area (Å²) in [6.07, 6.45) is 0. The highest BCUT2D eigenvalue weighted by Crippen LogP contribution is 2.29. The van der Waals surface area contributed by atoms with Crippen LogP contribution in [0.4, 0.5) is 0 Å². The summed E-state index contributed by atoms with van der Waals surface area (Å²) < 4.78 is 0. The third-order valence-corrected chi connectivity index (χ3v) is 2.66. The van der Waals surface area contributed by atoms with Gasteiger partial charge in [0.1, 0.15) is 0 Å². The second-order valence-corrected chi connectivity index (χ2v) is 3.99. The highest BCUT2D eigenvalue weighted by molar-refractivity contribution is 6.43. The van der Waals surface area contributed by atoms with Crippen LogP contribution in [-0.4, -0.2) is 5.91 Å². The summed E-state index contributed by atoms with van der Waals surface area (Å²) in [5.74, 6) is -0.128. The van der Waals surface area contributed by atoms with E-state index in [1.54, 1.807) is 12.1 Å². The van der Waals surface area contributed by atoms with E-state index in [1.807, 2.05) is 0 Å². The van der Waals surface area contributed by atoms with Crippen molar-refractivity contribution in [2.75, 3.05) is 0 Å². The highest BCUT2D eigenvalue weighted by atomic mass is 35.5. The van der Waals surface area contributed by atoms with Crippen molar-refractivity contribution in [3.05, 3.63) is 32.8 Å². The van der Waals surface area contributed by atoms with E-state index >= 15 is 0 Å². The fourth-order valence-corrected chi connectivity index (χ4v) is 1.67. The van der Waals surface area contributed by atoms with Gasteiger partial charge in [0.05, 0.1) is 10.0 Å². The largest absolute Gasteiger partial charge is 0.352 e. The number of hydrogen-bond acceptors (Lipinski definition) is 1. The zero-order chi connectivity index (χ0) is 10.7. The van der Waals surface area contributed by atoms with E-state index in [-0.39, 0.29) is 5.91 Å². The van der Waals surface area contributed by atoms with Gasteiger partial charge in [-0.15, -0.1) is 0 Å². The Morgan fingerprint density at radius 3 is 2.57 bits per heavy atom. The Morgan fingerprint density at radius 2 is 2.00 bits per heavy atom. The molecule has 0 atom stereocenters. The van der Waals surface area contributed by atoms with Gasteiger partial charge in [-0.25, -0.2) is 0 Å². The maximum atomic E-state index is 10.7. The zero-order valence-corrected chi connectivity index (χ0v) is 9.67. The molecule has 0 fully saturated rings. The zero-order valence-electron chi connectivity index (χ0n) is 7.40. The first-order chi connectivity index (χ1) is 6.50. The molecule has 0 unspecified atom stereocenters. The predicted molar refractivity (Wildman–Crippen MR) is 59.0 cm³/mol. The van der Waals surface area contributed by atoms with E-state index in [2.05, 4.69) is 5.32 Å². The Balaban J connectivity index is 2.90. The molecule has 0 heterocycles. The molecule has 0 aliphatic carbocycles. The topological polar surface area (TPSA) is 29.1 Å². The minimum atomic E-state index is -0.128. The Morgan fingerprint density at radius 1 is 1.36 bits per heavy atom. The molecule has 0 saturated heterocycles. The van der Waals surface area contributed by atoms with Crippen LogP contribution in [0.3, 0.4) is 0 Å². The van der Waals surface area contributed by atoms with E-state index in [0.717, 1.165) is 0 Å². The number of nitrogens with one attached hydrogen (secondary N) is 1. The number of rotatable bonds is 2. The van der Waals surface area contributed by atoms with Gasteiger partial charge in [0, 0.05) is 18.5 Å². The first-order valence-corrected chi connectivity index (χ1v) is 5.02. The van der Waals surface area contributed by atoms with Gasteiger partial charge < -0.3 is 5.32 Å². The lowest BCUT2D eigenvalue weighted by Gasteiger charge is -2.07. The van der Waals surface area contributed by atoms with Gasteiger partial charge in [0.2, 0.25) is 5.91 Å². The van der Waals surface area contributed by atoms with Gasteiger partial charge in [-0.2, -0.15) is 0 Å². The molecule has 14 heavy (non-hydrogen) atoms. The number of carbonyl (C=O) groups excluding carboxylic acids is 1. The number of amides is 1. The van der Waals surface area contributed by atoms with Crippen molar-refractivity contribution in [3.8, 4) is 0 Å². The Labute approximate surface area is 97.1 Å². The van der Waals surface area contributed by atoms with Crippen LogP contribution >= 0.6 is 34.8 Å². The SMILES string of the molecule is CC(=O)NCc1cc(Cl)cc(Cl)c1Cl. The molecule has 5 heteroatoms. The quantitative estimate of drug-likeness (QED) is 0.804. The Bertz CT molecular complexity index is 365. The van der Waals surface area contributed by atoms with Crippen LogP contribution in [-0.2, 0) is 11.3 Å². The van der Waals surface area contributed by atoms with Gasteiger partial charge >= 0.3 is 0 Å². The average molecular weight is 253 g/mol. The maximum Gasteiger partial charge on any atom is 0.217 e. The second-order valence-electron chi connectivity index (χ2n) is 2.77. The van der Waals surface area contributed by atoms with Crippen LogP contribution in [0.5, 0.6) is 0 Å². The molecule has 1 aromatic carbocycles. The number of hydrogen-bond donors (Lipinski definition) is 1. The maximum absolute atomic E-state index is 10.7. The lowest BCUT2D eigenvalue weighted by Crippen LogP contribution is -2.19. The third kappa shape index (κ3) is 3.05. The molecule has 0 radical (unpaired) electrons. The fourth-order valence-electron chi connectivity index (χ4n) is 0.958. The molecule has 76 valence electrons. The van der Waals surface area contributed by atoms with Crippen molar-refractivity contribution >= 4 is 40.7 Å². The van der Waals surface area contributed by atoms with E-state index in [9.17, 15) is 4.79 Å². The summed E-state index contributed by atoms with van der Waals surface area (Å²) in [6, 6.07) is 3.23. The van der Waals surface area contributed by atoms with Crippen molar-refractivity contribution in [2.24, 2.45) is 0 Å². The van der Waals surface area contributed by atoms with Crippen molar-refractivity contribution in [1.82, 2.24) is 5.32 Å². The molecule has 2 nitrogen and oxygen atoms in total. The van der Waals surface area contributed by atoms with E-state index in [1.165, 1.54) is 6.92 Å². The van der Waals surface area contributed by atoms with Gasteiger partial charge in [0.15, 0.2) is 0 Å². The van der Waals surface area contributed by atoms with Crippen LogP contribution in [0.25, 0.3) is 0 Å². The second kappa shape index (κ2) is 4.87. The third-order valence-electron chi connectivity index (χ3n) is 1.60. The summed E-state index contributed by atoms with van der Waals surface area (Å²) >= 11 is 17.5. The van der Waals surface area contributed by atoms with E-state index < -0.39 is 0 Å². The highest BCUT2D eigenvalue weighted by Gasteiger charge is 2.06. The average Bonchev–Trinajstić information content (AvgIpc) is 2.08. The molecule has 1 aromatic rings. The number of benzene rings is 1. The van der Waals surface area contributed by atoms with Crippen LogP contribution in [0.15, 0.2) is 12.1 Å². The lowest BCUT2D eigenvalue weighted by atomic mass is 10.2. The monoisotopic (exact) mass is 251 g/mol. The molecule has 1 amide bonds. The summed E-state index contributed by atoms with van der Waals surface area (Å²) in [5, 5.41) is 3.93. The molecule has 0 aliphatic heterocycles. The minimum Gasteiger partial charge on any atom is -0.352 e. The molecular formula is C9H8Cl3NO. The molecule has 0 saturated carbocycles. The van der Waals surface area contributed by atoms with Crippen LogP contribution < -0.4 is 5.32 Å². The standard InChI is InChI=1S/C9H8Cl3NO/c1-5(14)13-4-6-2-7(10)3-8(11)9(6)12/h2-3H,4H2,1H3,(H,13,14). The predicted octanol–water partition coefficient (Wildman–Crippen LogP) is 3.28. The Hall–Kier alpha value is -0.440. The molecule has 0 aliphatic rings.